The van der Waals surface area contributed by atoms with E-state index in [-0.39, 0.29) is 17.6 Å². The van der Waals surface area contributed by atoms with E-state index < -0.39 is 17.7 Å². The number of carboxylic acids is 1. The maximum absolute atomic E-state index is 15.0. The Bertz CT molecular complexity index is 1430. The van der Waals surface area contributed by atoms with Crippen LogP contribution in [-0.4, -0.2) is 35.5 Å². The van der Waals surface area contributed by atoms with Crippen LogP contribution < -0.4 is 14.6 Å². The number of carboxylic acid groups (broad SMARTS) is 1. The second-order valence-corrected chi connectivity index (χ2v) is 12.6. The molecule has 1 aliphatic carbocycles. The van der Waals surface area contributed by atoms with E-state index in [1.165, 1.54) is 13.3 Å². The van der Waals surface area contributed by atoms with Crippen LogP contribution in [0.1, 0.15) is 81.2 Å². The van der Waals surface area contributed by atoms with E-state index in [2.05, 4.69) is 55.9 Å². The highest BCUT2D eigenvalue weighted by atomic mass is 19.1. The summed E-state index contributed by atoms with van der Waals surface area (Å²) in [6.07, 6.45) is 4.81. The molecule has 0 radical (unpaired) electrons. The molecule has 0 bridgehead atoms. The van der Waals surface area contributed by atoms with Gasteiger partial charge in [-0.3, -0.25) is 4.90 Å². The molecule has 218 valence electrons. The molecule has 0 spiro atoms. The molecule has 0 N–H and O–H groups in total. The minimum Gasteiger partial charge on any atom is -0.550 e. The largest absolute Gasteiger partial charge is 0.550 e. The highest BCUT2D eigenvalue weighted by Crippen LogP contribution is 2.48. The van der Waals surface area contributed by atoms with Gasteiger partial charge in [0.25, 0.3) is 0 Å². The number of carbonyl (C=O) groups is 1. The molecule has 7 heteroatoms. The maximum atomic E-state index is 15.0. The molecule has 3 atom stereocenters. The average Bonchev–Trinajstić information content (AvgIpc) is 3.78. The van der Waals surface area contributed by atoms with Gasteiger partial charge < -0.3 is 19.4 Å². The highest BCUT2D eigenvalue weighted by Gasteiger charge is 2.37. The molecule has 41 heavy (non-hydrogen) atoms. The quantitative estimate of drug-likeness (QED) is 0.317. The topological polar surface area (TPSA) is 74.7 Å². The highest BCUT2D eigenvalue weighted by molar-refractivity contribution is 5.70. The zero-order valence-corrected chi connectivity index (χ0v) is 24.9. The number of benzene rings is 2. The van der Waals surface area contributed by atoms with Gasteiger partial charge in [-0.15, -0.1) is 0 Å². The van der Waals surface area contributed by atoms with Crippen molar-refractivity contribution in [1.29, 1.82) is 0 Å². The number of hydrogen-bond acceptors (Lipinski definition) is 6. The van der Waals surface area contributed by atoms with E-state index in [0.717, 1.165) is 59.3 Å². The number of aromatic nitrogens is 1. The third-order valence-corrected chi connectivity index (χ3v) is 8.84. The molecule has 2 aromatic carbocycles. The Balaban J connectivity index is 1.48. The fraction of sp³-hybridized carbons (Fsp3) is 0.471. The van der Waals surface area contributed by atoms with E-state index in [9.17, 15) is 9.90 Å². The summed E-state index contributed by atoms with van der Waals surface area (Å²) in [5.41, 5.74) is 5.33. The Kier molecular flexibility index (Phi) is 8.11. The number of nitrogens with zero attached hydrogens (tertiary/aromatic N) is 2. The zero-order chi connectivity index (χ0) is 29.5. The molecule has 1 saturated carbocycles. The van der Waals surface area contributed by atoms with Gasteiger partial charge in [0, 0.05) is 35.6 Å². The van der Waals surface area contributed by atoms with Gasteiger partial charge in [0.15, 0.2) is 0 Å². The molecule has 2 aliphatic rings. The molecule has 0 saturated heterocycles. The van der Waals surface area contributed by atoms with Crippen molar-refractivity contribution in [3.63, 3.8) is 0 Å². The van der Waals surface area contributed by atoms with Gasteiger partial charge in [0.2, 0.25) is 5.88 Å². The van der Waals surface area contributed by atoms with Crippen LogP contribution in [0, 0.1) is 17.7 Å². The van der Waals surface area contributed by atoms with E-state index in [1.807, 2.05) is 18.2 Å². The molecule has 1 aliphatic heterocycles. The van der Waals surface area contributed by atoms with E-state index >= 15 is 4.39 Å². The lowest BCUT2D eigenvalue weighted by Crippen LogP contribution is -2.37. The molecule has 3 aromatic rings. The zero-order valence-electron chi connectivity index (χ0n) is 24.9. The minimum atomic E-state index is -1.01. The molecular formula is C34H40FN2O4-. The van der Waals surface area contributed by atoms with Crippen LogP contribution >= 0.6 is 0 Å². The number of pyridine rings is 1. The second kappa shape index (κ2) is 11.4. The van der Waals surface area contributed by atoms with Crippen LogP contribution in [0.5, 0.6) is 11.6 Å². The predicted octanol–water partition coefficient (Wildman–Crippen LogP) is 6.07. The van der Waals surface area contributed by atoms with Crippen LogP contribution in [0.3, 0.4) is 0 Å². The fourth-order valence-corrected chi connectivity index (χ4v) is 5.84. The minimum absolute atomic E-state index is 0.0691. The summed E-state index contributed by atoms with van der Waals surface area (Å²) < 4.78 is 26.9. The Morgan fingerprint density at radius 3 is 2.56 bits per heavy atom. The van der Waals surface area contributed by atoms with Crippen LogP contribution in [0.15, 0.2) is 48.7 Å². The van der Waals surface area contributed by atoms with Crippen molar-refractivity contribution >= 4 is 5.97 Å². The number of hydrogen-bond donors (Lipinski definition) is 0. The molecule has 0 unspecified atom stereocenters. The summed E-state index contributed by atoms with van der Waals surface area (Å²) in [5, 5.41) is 11.7. The molecule has 2 heterocycles. The summed E-state index contributed by atoms with van der Waals surface area (Å²) in [4.78, 5) is 18.0. The smallest absolute Gasteiger partial charge is 0.213 e. The number of aliphatic carboxylic acids is 1. The van der Waals surface area contributed by atoms with E-state index in [0.29, 0.717) is 23.9 Å². The van der Waals surface area contributed by atoms with Gasteiger partial charge >= 0.3 is 0 Å². The first-order valence-corrected chi connectivity index (χ1v) is 14.5. The monoisotopic (exact) mass is 559 g/mol. The van der Waals surface area contributed by atoms with Crippen molar-refractivity contribution in [3.8, 4) is 22.8 Å². The lowest BCUT2D eigenvalue weighted by Gasteiger charge is -2.33. The molecule has 0 amide bonds. The number of carbonyl (C=O) groups excluding carboxylic acids is 1. The van der Waals surface area contributed by atoms with Gasteiger partial charge in [0.05, 0.1) is 13.3 Å². The Hall–Kier alpha value is -3.45. The lowest BCUT2D eigenvalue weighted by molar-refractivity contribution is -0.311. The van der Waals surface area contributed by atoms with Crippen molar-refractivity contribution in [3.05, 3.63) is 76.7 Å². The van der Waals surface area contributed by atoms with E-state index in [4.69, 9.17) is 9.47 Å². The van der Waals surface area contributed by atoms with Crippen molar-refractivity contribution in [2.75, 3.05) is 14.2 Å². The average molecular weight is 560 g/mol. The van der Waals surface area contributed by atoms with Gasteiger partial charge in [-0.2, -0.15) is 0 Å². The standard InChI is InChI=1S/C34H41FN2O4/c1-20(33(38)39)32(22-8-9-22)24-10-7-21-12-14-29(41-30(21)16-24)23-11-13-26(25(15-23)19-37(5)34(2,3)4)27-17-31(40-6)36-18-28(27)35/h7,10-11,13,15-18,20,22,29,32H,8-9,12,14,19H2,1-6H3,(H,38,39)/p-1/t20-,29-,32-/m0/s1. The van der Waals surface area contributed by atoms with Gasteiger partial charge in [-0.05, 0) is 99.2 Å². The van der Waals surface area contributed by atoms with Crippen LogP contribution in [0.25, 0.3) is 11.1 Å². The van der Waals surface area contributed by atoms with Crippen molar-refractivity contribution in [1.82, 2.24) is 9.88 Å². The number of ether oxygens (including phenoxy) is 2. The van der Waals surface area contributed by atoms with Crippen molar-refractivity contribution < 1.29 is 23.8 Å². The maximum Gasteiger partial charge on any atom is 0.213 e. The second-order valence-electron chi connectivity index (χ2n) is 12.6. The first kappa shape index (κ1) is 29.1. The lowest BCUT2D eigenvalue weighted by atomic mass is 9.82. The molecule has 1 aromatic heterocycles. The van der Waals surface area contributed by atoms with Gasteiger partial charge in [0.1, 0.15) is 17.7 Å². The predicted molar refractivity (Wildman–Crippen MR) is 155 cm³/mol. The summed E-state index contributed by atoms with van der Waals surface area (Å²) >= 11 is 0. The Labute approximate surface area is 242 Å². The molecule has 6 nitrogen and oxygen atoms in total. The number of halogens is 1. The first-order valence-electron chi connectivity index (χ1n) is 14.5. The summed E-state index contributed by atoms with van der Waals surface area (Å²) in [7, 11) is 3.59. The molecular weight excluding hydrogens is 519 g/mol. The van der Waals surface area contributed by atoms with Crippen molar-refractivity contribution in [2.24, 2.45) is 11.8 Å². The summed E-state index contributed by atoms with van der Waals surface area (Å²) in [5.74, 6) is -0.470. The third kappa shape index (κ3) is 6.25. The number of fused-ring (bicyclic) bond motifs is 1. The van der Waals surface area contributed by atoms with Gasteiger partial charge in [-0.1, -0.05) is 37.3 Å². The Morgan fingerprint density at radius 2 is 1.90 bits per heavy atom. The number of methoxy groups -OCH3 is 1. The van der Waals surface area contributed by atoms with Crippen LogP contribution in [-0.2, 0) is 17.8 Å². The van der Waals surface area contributed by atoms with Crippen LogP contribution in [0.4, 0.5) is 4.39 Å². The van der Waals surface area contributed by atoms with Crippen molar-refractivity contribution in [2.45, 2.75) is 77.5 Å². The number of aryl methyl sites for hydroxylation is 1. The normalized spacial score (nSPS) is 18.4. The van der Waals surface area contributed by atoms with Gasteiger partial charge in [-0.25, -0.2) is 9.37 Å². The van der Waals surface area contributed by atoms with E-state index in [1.54, 1.807) is 13.0 Å². The molecule has 1 fully saturated rings. The summed E-state index contributed by atoms with van der Waals surface area (Å²) in [6.45, 7) is 8.83. The fourth-order valence-electron chi connectivity index (χ4n) is 5.84. The Morgan fingerprint density at radius 1 is 1.15 bits per heavy atom. The summed E-state index contributed by atoms with van der Waals surface area (Å²) in [6, 6.07) is 14.0. The first-order chi connectivity index (χ1) is 19.5. The van der Waals surface area contributed by atoms with Crippen LogP contribution in [0.2, 0.25) is 0 Å². The SMILES string of the molecule is COc1cc(-c2ccc([C@@H]3CCc4ccc([C@H](C5CC5)[C@H](C)C(=O)[O-])cc4O3)cc2CN(C)C(C)(C)C)c(F)cn1. The third-order valence-electron chi connectivity index (χ3n) is 8.84. The molecule has 5 rings (SSSR count). The number of rotatable bonds is 9.